The standard InChI is InChI=1S/C8H11O/c1-3-4-8-5-7(2)9-6-8/h5-6H,1,3-4H2,2H3. The summed E-state index contributed by atoms with van der Waals surface area (Å²) in [5.41, 5.74) is 1.25. The summed E-state index contributed by atoms with van der Waals surface area (Å²) >= 11 is 0. The van der Waals surface area contributed by atoms with Crippen molar-refractivity contribution in [3.63, 3.8) is 0 Å². The predicted octanol–water partition coefficient (Wildman–Crippen LogP) is 2.35. The second-order valence-corrected chi connectivity index (χ2v) is 2.17. The molecule has 0 aliphatic rings. The van der Waals surface area contributed by atoms with Crippen LogP contribution in [0.25, 0.3) is 0 Å². The van der Waals surface area contributed by atoms with Gasteiger partial charge in [-0.3, -0.25) is 0 Å². The lowest BCUT2D eigenvalue weighted by Gasteiger charge is -1.84. The van der Waals surface area contributed by atoms with E-state index in [1.165, 1.54) is 5.56 Å². The zero-order valence-electron chi connectivity index (χ0n) is 5.68. The molecule has 9 heavy (non-hydrogen) atoms. The summed E-state index contributed by atoms with van der Waals surface area (Å²) < 4.78 is 5.09. The number of hydrogen-bond donors (Lipinski definition) is 0. The maximum atomic E-state index is 5.09. The van der Waals surface area contributed by atoms with E-state index in [-0.39, 0.29) is 0 Å². The average molecular weight is 123 g/mol. The fourth-order valence-electron chi connectivity index (χ4n) is 0.833. The summed E-state index contributed by atoms with van der Waals surface area (Å²) in [6, 6.07) is 2.05. The van der Waals surface area contributed by atoms with Crippen molar-refractivity contribution in [1.29, 1.82) is 0 Å². The van der Waals surface area contributed by atoms with Crippen LogP contribution in [0.4, 0.5) is 0 Å². The normalized spacial score (nSPS) is 10.0. The molecule has 0 amide bonds. The van der Waals surface area contributed by atoms with Gasteiger partial charge in [-0.2, -0.15) is 0 Å². The van der Waals surface area contributed by atoms with Gasteiger partial charge in [0.1, 0.15) is 5.76 Å². The summed E-state index contributed by atoms with van der Waals surface area (Å²) in [5, 5.41) is 0. The van der Waals surface area contributed by atoms with E-state index >= 15 is 0 Å². The molecule has 1 radical (unpaired) electrons. The first-order valence-electron chi connectivity index (χ1n) is 3.16. The van der Waals surface area contributed by atoms with Crippen LogP contribution in [-0.2, 0) is 6.42 Å². The molecule has 1 heterocycles. The highest BCUT2D eigenvalue weighted by Gasteiger charge is 1.93. The van der Waals surface area contributed by atoms with Crippen molar-refractivity contribution in [2.24, 2.45) is 0 Å². The molecule has 0 bridgehead atoms. The maximum absolute atomic E-state index is 5.09. The Kier molecular flexibility index (Phi) is 1.93. The van der Waals surface area contributed by atoms with E-state index in [0.29, 0.717) is 0 Å². The van der Waals surface area contributed by atoms with E-state index < -0.39 is 0 Å². The summed E-state index contributed by atoms with van der Waals surface area (Å²) in [4.78, 5) is 0. The van der Waals surface area contributed by atoms with Gasteiger partial charge < -0.3 is 4.42 Å². The monoisotopic (exact) mass is 123 g/mol. The smallest absolute Gasteiger partial charge is 0.100 e. The van der Waals surface area contributed by atoms with Crippen molar-refractivity contribution in [3.8, 4) is 0 Å². The first-order valence-corrected chi connectivity index (χ1v) is 3.16. The minimum atomic E-state index is 0.943. The summed E-state index contributed by atoms with van der Waals surface area (Å²) in [6.45, 7) is 5.70. The van der Waals surface area contributed by atoms with Gasteiger partial charge in [0.05, 0.1) is 6.26 Å². The van der Waals surface area contributed by atoms with Gasteiger partial charge in [0.15, 0.2) is 0 Å². The predicted molar refractivity (Wildman–Crippen MR) is 37.1 cm³/mol. The zero-order chi connectivity index (χ0) is 6.69. The molecule has 1 aromatic rings. The van der Waals surface area contributed by atoms with E-state index in [4.69, 9.17) is 4.42 Å². The van der Waals surface area contributed by atoms with E-state index in [1.807, 2.05) is 13.0 Å². The lowest BCUT2D eigenvalue weighted by molar-refractivity contribution is 0.531. The van der Waals surface area contributed by atoms with E-state index in [1.54, 1.807) is 6.26 Å². The number of aryl methyl sites for hydroxylation is 2. The third kappa shape index (κ3) is 1.60. The number of furan rings is 1. The molecule has 0 fully saturated rings. The Morgan fingerprint density at radius 2 is 2.44 bits per heavy atom. The van der Waals surface area contributed by atoms with Gasteiger partial charge in [0.25, 0.3) is 0 Å². The fourth-order valence-corrected chi connectivity index (χ4v) is 0.833. The van der Waals surface area contributed by atoms with Gasteiger partial charge in [-0.1, -0.05) is 6.92 Å². The van der Waals surface area contributed by atoms with E-state index in [2.05, 4.69) is 6.92 Å². The topological polar surface area (TPSA) is 13.1 Å². The molecule has 0 aliphatic heterocycles. The van der Waals surface area contributed by atoms with E-state index in [0.717, 1.165) is 18.6 Å². The van der Waals surface area contributed by atoms with Crippen molar-refractivity contribution in [2.45, 2.75) is 19.8 Å². The molecule has 1 heteroatoms. The van der Waals surface area contributed by atoms with Crippen LogP contribution in [-0.4, -0.2) is 0 Å². The lowest BCUT2D eigenvalue weighted by Crippen LogP contribution is -1.74. The first kappa shape index (κ1) is 6.40. The SMILES string of the molecule is [CH2]CCc1coc(C)c1. The zero-order valence-corrected chi connectivity index (χ0v) is 5.68. The molecule has 1 nitrogen and oxygen atoms in total. The molecule has 1 rings (SSSR count). The molecule has 0 saturated carbocycles. The second kappa shape index (κ2) is 2.72. The highest BCUT2D eigenvalue weighted by Crippen LogP contribution is 2.07. The Balaban J connectivity index is 2.61. The van der Waals surface area contributed by atoms with Crippen LogP contribution >= 0.6 is 0 Å². The molecular formula is C8H11O. The summed E-state index contributed by atoms with van der Waals surface area (Å²) in [6.07, 6.45) is 3.76. The quantitative estimate of drug-likeness (QED) is 0.588. The molecule has 0 aromatic carbocycles. The molecule has 1 aromatic heterocycles. The Hall–Kier alpha value is -0.720. The minimum Gasteiger partial charge on any atom is -0.469 e. The first-order chi connectivity index (χ1) is 4.33. The van der Waals surface area contributed by atoms with Gasteiger partial charge in [-0.25, -0.2) is 0 Å². The molecule has 0 N–H and O–H groups in total. The Bertz CT molecular complexity index is 176. The van der Waals surface area contributed by atoms with Crippen molar-refractivity contribution >= 4 is 0 Å². The number of hydrogen-bond acceptors (Lipinski definition) is 1. The summed E-state index contributed by atoms with van der Waals surface area (Å²) in [7, 11) is 0. The maximum Gasteiger partial charge on any atom is 0.100 e. The van der Waals surface area contributed by atoms with Crippen molar-refractivity contribution in [3.05, 3.63) is 30.6 Å². The second-order valence-electron chi connectivity index (χ2n) is 2.17. The van der Waals surface area contributed by atoms with Crippen LogP contribution in [0.3, 0.4) is 0 Å². The van der Waals surface area contributed by atoms with Gasteiger partial charge in [-0.15, -0.1) is 0 Å². The van der Waals surface area contributed by atoms with Crippen molar-refractivity contribution in [2.75, 3.05) is 0 Å². The van der Waals surface area contributed by atoms with Crippen LogP contribution in [0, 0.1) is 13.8 Å². The van der Waals surface area contributed by atoms with Gasteiger partial charge in [0, 0.05) is 0 Å². The number of rotatable bonds is 2. The Morgan fingerprint density at radius 3 is 2.89 bits per heavy atom. The van der Waals surface area contributed by atoms with Crippen molar-refractivity contribution in [1.82, 2.24) is 0 Å². The van der Waals surface area contributed by atoms with Crippen molar-refractivity contribution < 1.29 is 4.42 Å². The van der Waals surface area contributed by atoms with Crippen LogP contribution in [0.15, 0.2) is 16.7 Å². The highest BCUT2D eigenvalue weighted by atomic mass is 16.3. The largest absolute Gasteiger partial charge is 0.469 e. The van der Waals surface area contributed by atoms with E-state index in [9.17, 15) is 0 Å². The van der Waals surface area contributed by atoms with Crippen LogP contribution in [0.2, 0.25) is 0 Å². The highest BCUT2D eigenvalue weighted by molar-refractivity contribution is 5.11. The lowest BCUT2D eigenvalue weighted by atomic mass is 10.2. The van der Waals surface area contributed by atoms with Crippen LogP contribution < -0.4 is 0 Å². The van der Waals surface area contributed by atoms with Gasteiger partial charge in [0.2, 0.25) is 0 Å². The minimum absolute atomic E-state index is 0.943. The third-order valence-electron chi connectivity index (χ3n) is 1.25. The molecular weight excluding hydrogens is 112 g/mol. The average Bonchev–Trinajstić information content (AvgIpc) is 2.17. The Morgan fingerprint density at radius 1 is 1.67 bits per heavy atom. The van der Waals surface area contributed by atoms with Crippen LogP contribution in [0.5, 0.6) is 0 Å². The Labute approximate surface area is 55.7 Å². The molecule has 49 valence electrons. The third-order valence-corrected chi connectivity index (χ3v) is 1.25. The molecule has 0 atom stereocenters. The fraction of sp³-hybridized carbons (Fsp3) is 0.375. The van der Waals surface area contributed by atoms with Gasteiger partial charge >= 0.3 is 0 Å². The van der Waals surface area contributed by atoms with Gasteiger partial charge in [-0.05, 0) is 31.4 Å². The molecule has 0 aliphatic carbocycles. The molecule has 0 saturated heterocycles. The summed E-state index contributed by atoms with van der Waals surface area (Å²) in [5.74, 6) is 0.985. The van der Waals surface area contributed by atoms with Crippen LogP contribution in [0.1, 0.15) is 17.7 Å². The molecule has 0 unspecified atom stereocenters. The molecule has 0 spiro atoms.